The maximum atomic E-state index is 12.0. The first-order chi connectivity index (χ1) is 15.0. The molecule has 1 aromatic carbocycles. The minimum absolute atomic E-state index is 0.0611. The summed E-state index contributed by atoms with van der Waals surface area (Å²) in [5.74, 6) is 2.67. The number of hydrogen-bond donors (Lipinski definition) is 2. The number of piperazine rings is 1. The summed E-state index contributed by atoms with van der Waals surface area (Å²) >= 11 is 0. The standard InChI is InChI=1S/C23H39N5O3/c1-6-18(3)26-22(29)10-11-25-23(24-7-2)28-14-12-27(13-15-28)17-19-16-20(30-4)8-9-21(19)31-5/h8-9,16,18H,6-7,10-15,17H2,1-5H3,(H,24,25)(H,26,29). The van der Waals surface area contributed by atoms with E-state index in [-0.39, 0.29) is 11.9 Å². The van der Waals surface area contributed by atoms with Gasteiger partial charge in [0.15, 0.2) is 5.96 Å². The highest BCUT2D eigenvalue weighted by Crippen LogP contribution is 2.25. The smallest absolute Gasteiger partial charge is 0.222 e. The first-order valence-corrected chi connectivity index (χ1v) is 11.3. The molecule has 1 aromatic rings. The normalized spacial score (nSPS) is 16.0. The molecule has 2 N–H and O–H groups in total. The zero-order valence-electron chi connectivity index (χ0n) is 19.7. The van der Waals surface area contributed by atoms with Gasteiger partial charge in [-0.1, -0.05) is 6.92 Å². The van der Waals surface area contributed by atoms with Crippen molar-refractivity contribution < 1.29 is 14.3 Å². The minimum Gasteiger partial charge on any atom is -0.497 e. The number of benzene rings is 1. The molecule has 1 unspecified atom stereocenters. The number of carbonyl (C=O) groups is 1. The summed E-state index contributed by atoms with van der Waals surface area (Å²) in [6.07, 6.45) is 1.35. The number of nitrogens with zero attached hydrogens (tertiary/aromatic N) is 3. The van der Waals surface area contributed by atoms with Crippen LogP contribution in [0.25, 0.3) is 0 Å². The second-order valence-corrected chi connectivity index (χ2v) is 7.80. The Kier molecular flexibility index (Phi) is 10.4. The van der Waals surface area contributed by atoms with Gasteiger partial charge in [-0.3, -0.25) is 14.7 Å². The van der Waals surface area contributed by atoms with Gasteiger partial charge in [-0.25, -0.2) is 0 Å². The molecule has 1 heterocycles. The van der Waals surface area contributed by atoms with E-state index in [0.717, 1.165) is 68.7 Å². The Labute approximate surface area is 187 Å². The van der Waals surface area contributed by atoms with Crippen molar-refractivity contribution >= 4 is 11.9 Å². The highest BCUT2D eigenvalue weighted by molar-refractivity contribution is 5.81. The summed E-state index contributed by atoms with van der Waals surface area (Å²) in [6.45, 7) is 11.9. The van der Waals surface area contributed by atoms with Crippen LogP contribution in [0.4, 0.5) is 0 Å². The SMILES string of the molecule is CCNC(=NCCC(=O)NC(C)CC)N1CCN(Cc2cc(OC)ccc2OC)CC1. The molecule has 0 spiro atoms. The van der Waals surface area contributed by atoms with Gasteiger partial charge >= 0.3 is 0 Å². The lowest BCUT2D eigenvalue weighted by Crippen LogP contribution is -2.52. The number of methoxy groups -OCH3 is 2. The minimum atomic E-state index is 0.0611. The molecule has 0 radical (unpaired) electrons. The molecule has 1 aliphatic rings. The zero-order chi connectivity index (χ0) is 22.6. The van der Waals surface area contributed by atoms with Crippen LogP contribution in [0.15, 0.2) is 23.2 Å². The Hall–Kier alpha value is -2.48. The number of aliphatic imine (C=N–C) groups is 1. The third-order valence-corrected chi connectivity index (χ3v) is 5.51. The fourth-order valence-corrected chi connectivity index (χ4v) is 3.50. The number of ether oxygens (including phenoxy) is 2. The molecule has 8 nitrogen and oxygen atoms in total. The van der Waals surface area contributed by atoms with E-state index in [1.807, 2.05) is 25.1 Å². The van der Waals surface area contributed by atoms with Crippen LogP contribution in [0.2, 0.25) is 0 Å². The van der Waals surface area contributed by atoms with Crippen molar-refractivity contribution in [3.8, 4) is 11.5 Å². The lowest BCUT2D eigenvalue weighted by molar-refractivity contribution is -0.121. The van der Waals surface area contributed by atoms with E-state index in [1.165, 1.54) is 0 Å². The first-order valence-electron chi connectivity index (χ1n) is 11.3. The topological polar surface area (TPSA) is 78.4 Å². The van der Waals surface area contributed by atoms with Gasteiger partial charge in [0.2, 0.25) is 5.91 Å². The van der Waals surface area contributed by atoms with Crippen molar-refractivity contribution in [2.45, 2.75) is 46.2 Å². The van der Waals surface area contributed by atoms with Crippen LogP contribution in [-0.4, -0.2) is 81.2 Å². The van der Waals surface area contributed by atoms with E-state index in [2.05, 4.69) is 39.3 Å². The second-order valence-electron chi connectivity index (χ2n) is 7.80. The summed E-state index contributed by atoms with van der Waals surface area (Å²) in [5, 5.41) is 6.36. The number of amides is 1. The van der Waals surface area contributed by atoms with Crippen molar-refractivity contribution in [3.63, 3.8) is 0 Å². The predicted molar refractivity (Wildman–Crippen MR) is 125 cm³/mol. The molecule has 174 valence electrons. The fraction of sp³-hybridized carbons (Fsp3) is 0.652. The van der Waals surface area contributed by atoms with Gasteiger partial charge in [0.1, 0.15) is 11.5 Å². The van der Waals surface area contributed by atoms with Crippen molar-refractivity contribution in [2.75, 3.05) is 53.5 Å². The Bertz CT molecular complexity index is 717. The maximum Gasteiger partial charge on any atom is 0.222 e. The molecule has 0 aliphatic carbocycles. The number of carbonyl (C=O) groups excluding carboxylic acids is 1. The molecule has 1 fully saturated rings. The number of nitrogens with one attached hydrogen (secondary N) is 2. The van der Waals surface area contributed by atoms with Gasteiger partial charge in [0, 0.05) is 57.3 Å². The molecule has 1 amide bonds. The van der Waals surface area contributed by atoms with E-state index >= 15 is 0 Å². The largest absolute Gasteiger partial charge is 0.497 e. The zero-order valence-corrected chi connectivity index (χ0v) is 19.7. The average Bonchev–Trinajstić information content (AvgIpc) is 2.78. The summed E-state index contributed by atoms with van der Waals surface area (Å²) in [7, 11) is 3.38. The second kappa shape index (κ2) is 13.0. The average molecular weight is 434 g/mol. The van der Waals surface area contributed by atoms with Crippen LogP contribution < -0.4 is 20.1 Å². The third-order valence-electron chi connectivity index (χ3n) is 5.51. The molecule has 31 heavy (non-hydrogen) atoms. The molecule has 0 aromatic heterocycles. The Morgan fingerprint density at radius 1 is 1.16 bits per heavy atom. The van der Waals surface area contributed by atoms with E-state index in [0.29, 0.717) is 13.0 Å². The van der Waals surface area contributed by atoms with Crippen molar-refractivity contribution in [1.29, 1.82) is 0 Å². The van der Waals surface area contributed by atoms with Crippen LogP contribution in [-0.2, 0) is 11.3 Å². The molecule has 0 bridgehead atoms. The van der Waals surface area contributed by atoms with Crippen LogP contribution >= 0.6 is 0 Å². The molecular formula is C23H39N5O3. The van der Waals surface area contributed by atoms with E-state index in [9.17, 15) is 4.79 Å². The van der Waals surface area contributed by atoms with Gasteiger partial charge in [-0.15, -0.1) is 0 Å². The molecule has 2 rings (SSSR count). The van der Waals surface area contributed by atoms with Gasteiger partial charge in [0.05, 0.1) is 20.8 Å². The van der Waals surface area contributed by atoms with Crippen molar-refractivity contribution in [2.24, 2.45) is 4.99 Å². The van der Waals surface area contributed by atoms with Crippen molar-refractivity contribution in [1.82, 2.24) is 20.4 Å². The molecule has 8 heteroatoms. The molecule has 1 atom stereocenters. The lowest BCUT2D eigenvalue weighted by atomic mass is 10.1. The van der Waals surface area contributed by atoms with Crippen molar-refractivity contribution in [3.05, 3.63) is 23.8 Å². The highest BCUT2D eigenvalue weighted by atomic mass is 16.5. The highest BCUT2D eigenvalue weighted by Gasteiger charge is 2.21. The van der Waals surface area contributed by atoms with E-state index < -0.39 is 0 Å². The molecular weight excluding hydrogens is 394 g/mol. The molecule has 1 saturated heterocycles. The van der Waals surface area contributed by atoms with Gasteiger partial charge in [-0.05, 0) is 38.5 Å². The first kappa shape index (κ1) is 24.8. The van der Waals surface area contributed by atoms with Gasteiger partial charge < -0.3 is 25.0 Å². The molecule has 1 aliphatic heterocycles. The summed E-state index contributed by atoms with van der Waals surface area (Å²) in [4.78, 5) is 21.4. The Morgan fingerprint density at radius 3 is 2.52 bits per heavy atom. The lowest BCUT2D eigenvalue weighted by Gasteiger charge is -2.36. The monoisotopic (exact) mass is 433 g/mol. The van der Waals surface area contributed by atoms with Crippen LogP contribution in [0.3, 0.4) is 0 Å². The predicted octanol–water partition coefficient (Wildman–Crippen LogP) is 2.09. The third kappa shape index (κ3) is 7.94. The Morgan fingerprint density at radius 2 is 1.90 bits per heavy atom. The quantitative estimate of drug-likeness (QED) is 0.435. The summed E-state index contributed by atoms with van der Waals surface area (Å²) < 4.78 is 10.9. The number of hydrogen-bond acceptors (Lipinski definition) is 5. The van der Waals surface area contributed by atoms with Crippen LogP contribution in [0.1, 0.15) is 39.2 Å². The van der Waals surface area contributed by atoms with Crippen LogP contribution in [0.5, 0.6) is 11.5 Å². The number of guanidine groups is 1. The van der Waals surface area contributed by atoms with E-state index in [1.54, 1.807) is 14.2 Å². The molecule has 0 saturated carbocycles. The van der Waals surface area contributed by atoms with Gasteiger partial charge in [0.25, 0.3) is 0 Å². The summed E-state index contributed by atoms with van der Waals surface area (Å²) in [5.41, 5.74) is 1.13. The Balaban J connectivity index is 1.89. The van der Waals surface area contributed by atoms with Gasteiger partial charge in [-0.2, -0.15) is 0 Å². The number of rotatable bonds is 10. The fourth-order valence-electron chi connectivity index (χ4n) is 3.50. The van der Waals surface area contributed by atoms with E-state index in [4.69, 9.17) is 9.47 Å². The maximum absolute atomic E-state index is 12.0. The van der Waals surface area contributed by atoms with Crippen LogP contribution in [0, 0.1) is 0 Å². The summed E-state index contributed by atoms with van der Waals surface area (Å²) in [6, 6.07) is 6.13.